The van der Waals surface area contributed by atoms with Crippen molar-refractivity contribution in [1.82, 2.24) is 15.6 Å². The average Bonchev–Trinajstić information content (AvgIpc) is 3.12. The number of aryl methyl sites for hydroxylation is 1. The van der Waals surface area contributed by atoms with Crippen LogP contribution in [0.2, 0.25) is 0 Å². The molecule has 1 aromatic heterocycles. The highest BCUT2D eigenvalue weighted by Crippen LogP contribution is 2.18. The van der Waals surface area contributed by atoms with Crippen LogP contribution in [0.25, 0.3) is 10.8 Å². The van der Waals surface area contributed by atoms with Gasteiger partial charge in [-0.2, -0.15) is 0 Å². The van der Waals surface area contributed by atoms with Crippen LogP contribution < -0.4 is 10.6 Å². The summed E-state index contributed by atoms with van der Waals surface area (Å²) < 4.78 is 0. The van der Waals surface area contributed by atoms with Gasteiger partial charge in [-0.1, -0.05) is 49.4 Å². The van der Waals surface area contributed by atoms with Crippen LogP contribution >= 0.6 is 11.3 Å². The van der Waals surface area contributed by atoms with Gasteiger partial charge in [0, 0.05) is 37.6 Å². The van der Waals surface area contributed by atoms with E-state index in [2.05, 4.69) is 70.0 Å². The number of fused-ring (bicyclic) bond motifs is 1. The monoisotopic (exact) mass is 352 g/mol. The minimum atomic E-state index is 0.748. The van der Waals surface area contributed by atoms with Crippen LogP contribution in [0.5, 0.6) is 0 Å². The van der Waals surface area contributed by atoms with Crippen molar-refractivity contribution in [3.63, 3.8) is 0 Å². The van der Waals surface area contributed by atoms with Crippen LogP contribution in [-0.4, -0.2) is 24.5 Å². The Balaban J connectivity index is 1.53. The fourth-order valence-corrected chi connectivity index (χ4v) is 3.62. The molecule has 2 N–H and O–H groups in total. The predicted molar refractivity (Wildman–Crippen MR) is 107 cm³/mol. The Hall–Kier alpha value is -2.40. The van der Waals surface area contributed by atoms with E-state index in [9.17, 15) is 0 Å². The minimum absolute atomic E-state index is 0.748. The molecular weight excluding hydrogens is 328 g/mol. The fraction of sp³-hybridized carbons (Fsp3) is 0.300. The summed E-state index contributed by atoms with van der Waals surface area (Å²) in [7, 11) is 1.80. The van der Waals surface area contributed by atoms with E-state index in [0.717, 1.165) is 31.9 Å². The quantitative estimate of drug-likeness (QED) is 0.524. The van der Waals surface area contributed by atoms with Crippen molar-refractivity contribution in [3.05, 3.63) is 64.1 Å². The SMILES string of the molecule is CCc1cnc(CCNC(=NC)NCc2cccc3ccccc23)s1. The van der Waals surface area contributed by atoms with Crippen LogP contribution in [0, 0.1) is 0 Å². The Morgan fingerprint density at radius 3 is 2.76 bits per heavy atom. The lowest BCUT2D eigenvalue weighted by atomic mass is 10.0. The van der Waals surface area contributed by atoms with Gasteiger partial charge in [0.05, 0.1) is 5.01 Å². The normalized spacial score (nSPS) is 11.7. The number of hydrogen-bond acceptors (Lipinski definition) is 3. The third-order valence-electron chi connectivity index (χ3n) is 4.13. The number of hydrogen-bond donors (Lipinski definition) is 2. The summed E-state index contributed by atoms with van der Waals surface area (Å²) in [5.74, 6) is 0.820. The summed E-state index contributed by atoms with van der Waals surface area (Å²) in [4.78, 5) is 10.1. The third-order valence-corrected chi connectivity index (χ3v) is 5.33. The van der Waals surface area contributed by atoms with E-state index in [0.29, 0.717) is 0 Å². The molecule has 5 heteroatoms. The van der Waals surface area contributed by atoms with E-state index in [1.54, 1.807) is 18.4 Å². The molecule has 25 heavy (non-hydrogen) atoms. The lowest BCUT2D eigenvalue weighted by Gasteiger charge is -2.13. The molecule has 0 atom stereocenters. The fourth-order valence-electron chi connectivity index (χ4n) is 2.76. The van der Waals surface area contributed by atoms with Gasteiger partial charge in [0.25, 0.3) is 0 Å². The van der Waals surface area contributed by atoms with Gasteiger partial charge in [0.1, 0.15) is 0 Å². The van der Waals surface area contributed by atoms with Crippen LogP contribution in [0.15, 0.2) is 53.7 Å². The van der Waals surface area contributed by atoms with Crippen molar-refractivity contribution in [1.29, 1.82) is 0 Å². The molecule has 0 saturated heterocycles. The Morgan fingerprint density at radius 1 is 1.12 bits per heavy atom. The number of benzene rings is 2. The van der Waals surface area contributed by atoms with Gasteiger partial charge < -0.3 is 10.6 Å². The lowest BCUT2D eigenvalue weighted by Crippen LogP contribution is -2.37. The summed E-state index contributed by atoms with van der Waals surface area (Å²) in [6.07, 6.45) is 3.95. The van der Waals surface area contributed by atoms with E-state index in [-0.39, 0.29) is 0 Å². The number of aliphatic imine (C=N–C) groups is 1. The van der Waals surface area contributed by atoms with Gasteiger partial charge in [-0.25, -0.2) is 4.98 Å². The van der Waals surface area contributed by atoms with Crippen molar-refractivity contribution < 1.29 is 0 Å². The first-order valence-electron chi connectivity index (χ1n) is 8.65. The second kappa shape index (κ2) is 8.62. The van der Waals surface area contributed by atoms with Gasteiger partial charge in [-0.05, 0) is 22.8 Å². The largest absolute Gasteiger partial charge is 0.356 e. The molecule has 0 saturated carbocycles. The highest BCUT2D eigenvalue weighted by Gasteiger charge is 2.04. The minimum Gasteiger partial charge on any atom is -0.356 e. The Kier molecular flexibility index (Phi) is 6.01. The molecule has 0 fully saturated rings. The Morgan fingerprint density at radius 2 is 1.96 bits per heavy atom. The maximum atomic E-state index is 4.46. The molecule has 0 spiro atoms. The molecule has 0 aliphatic rings. The molecule has 0 radical (unpaired) electrons. The zero-order valence-corrected chi connectivity index (χ0v) is 15.6. The van der Waals surface area contributed by atoms with E-state index >= 15 is 0 Å². The predicted octanol–water partition coefficient (Wildman–Crippen LogP) is 3.77. The molecule has 130 valence electrons. The highest BCUT2D eigenvalue weighted by atomic mass is 32.1. The number of rotatable bonds is 6. The van der Waals surface area contributed by atoms with Crippen molar-refractivity contribution >= 4 is 28.1 Å². The van der Waals surface area contributed by atoms with Gasteiger partial charge in [0.2, 0.25) is 0 Å². The van der Waals surface area contributed by atoms with E-state index in [1.807, 2.05) is 6.20 Å². The first kappa shape index (κ1) is 17.4. The smallest absolute Gasteiger partial charge is 0.191 e. The van der Waals surface area contributed by atoms with E-state index < -0.39 is 0 Å². The maximum Gasteiger partial charge on any atom is 0.191 e. The standard InChI is InChI=1S/C20H24N4S/c1-3-17-14-23-19(25-17)11-12-22-20(21-2)24-13-16-9-6-8-15-7-4-5-10-18(15)16/h4-10,14H,3,11-13H2,1-2H3,(H2,21,22,24). The van der Waals surface area contributed by atoms with Crippen molar-refractivity contribution in [3.8, 4) is 0 Å². The van der Waals surface area contributed by atoms with Gasteiger partial charge in [-0.15, -0.1) is 11.3 Å². The topological polar surface area (TPSA) is 49.3 Å². The number of guanidine groups is 1. The molecular formula is C20H24N4S. The van der Waals surface area contributed by atoms with Crippen LogP contribution in [-0.2, 0) is 19.4 Å². The van der Waals surface area contributed by atoms with E-state index in [4.69, 9.17) is 0 Å². The molecule has 0 unspecified atom stereocenters. The molecule has 2 aromatic carbocycles. The summed E-state index contributed by atoms with van der Waals surface area (Å²) in [6, 6.07) is 14.9. The maximum absolute atomic E-state index is 4.46. The number of aromatic nitrogens is 1. The van der Waals surface area contributed by atoms with Gasteiger partial charge in [-0.3, -0.25) is 4.99 Å². The van der Waals surface area contributed by atoms with Gasteiger partial charge >= 0.3 is 0 Å². The lowest BCUT2D eigenvalue weighted by molar-refractivity contribution is 0.794. The molecule has 0 bridgehead atoms. The van der Waals surface area contributed by atoms with Crippen molar-refractivity contribution in [2.45, 2.75) is 26.3 Å². The van der Waals surface area contributed by atoms with Crippen molar-refractivity contribution in [2.75, 3.05) is 13.6 Å². The second-order valence-corrected chi connectivity index (χ2v) is 7.01. The molecule has 0 amide bonds. The zero-order valence-electron chi connectivity index (χ0n) is 14.7. The van der Waals surface area contributed by atoms with Crippen LogP contribution in [0.4, 0.5) is 0 Å². The molecule has 0 aliphatic heterocycles. The summed E-state index contributed by atoms with van der Waals surface area (Å²) >= 11 is 1.79. The first-order valence-corrected chi connectivity index (χ1v) is 9.46. The summed E-state index contributed by atoms with van der Waals surface area (Å²) in [5, 5.41) is 10.5. The zero-order chi connectivity index (χ0) is 17.5. The van der Waals surface area contributed by atoms with Crippen LogP contribution in [0.1, 0.15) is 22.4 Å². The molecule has 1 heterocycles. The Bertz CT molecular complexity index is 848. The van der Waals surface area contributed by atoms with Crippen LogP contribution in [0.3, 0.4) is 0 Å². The number of nitrogens with zero attached hydrogens (tertiary/aromatic N) is 2. The molecule has 3 rings (SSSR count). The number of nitrogens with one attached hydrogen (secondary N) is 2. The number of thiazole rings is 1. The molecule has 0 aliphatic carbocycles. The van der Waals surface area contributed by atoms with Crippen molar-refractivity contribution in [2.24, 2.45) is 4.99 Å². The summed E-state index contributed by atoms with van der Waals surface area (Å²) in [5.41, 5.74) is 1.27. The third kappa shape index (κ3) is 4.57. The Labute approximate surface area is 153 Å². The molecule has 4 nitrogen and oxygen atoms in total. The molecule has 3 aromatic rings. The van der Waals surface area contributed by atoms with Gasteiger partial charge in [0.15, 0.2) is 5.96 Å². The second-order valence-electron chi connectivity index (χ2n) is 5.81. The first-order chi connectivity index (χ1) is 12.3. The average molecular weight is 353 g/mol. The van der Waals surface area contributed by atoms with E-state index in [1.165, 1.54) is 26.2 Å². The summed E-state index contributed by atoms with van der Waals surface area (Å²) in [6.45, 7) is 3.73. The highest BCUT2D eigenvalue weighted by molar-refractivity contribution is 7.11.